The molecule has 1 N–H and O–H groups in total. The summed E-state index contributed by atoms with van der Waals surface area (Å²) in [5.74, 6) is -0.104. The van der Waals surface area contributed by atoms with Crippen molar-refractivity contribution in [2.75, 3.05) is 32.8 Å². The van der Waals surface area contributed by atoms with E-state index in [9.17, 15) is 18.0 Å². The Hall–Kier alpha value is -1.64. The second-order valence-electron chi connectivity index (χ2n) is 6.27. The minimum Gasteiger partial charge on any atom is -0.375 e. The van der Waals surface area contributed by atoms with E-state index >= 15 is 0 Å². The topological polar surface area (TPSA) is 50.8 Å². The van der Waals surface area contributed by atoms with Crippen molar-refractivity contribution in [1.29, 1.82) is 0 Å². The lowest BCUT2D eigenvalue weighted by atomic mass is 10.0. The molecule has 1 unspecified atom stereocenters. The van der Waals surface area contributed by atoms with Gasteiger partial charge in [-0.15, -0.1) is 0 Å². The molecule has 0 spiro atoms. The van der Waals surface area contributed by atoms with Gasteiger partial charge < -0.3 is 19.7 Å². The van der Waals surface area contributed by atoms with Crippen LogP contribution >= 0.6 is 0 Å². The molecule has 2 saturated heterocycles. The molecule has 3 atom stereocenters. The van der Waals surface area contributed by atoms with Crippen LogP contribution in [0.25, 0.3) is 0 Å². The maximum absolute atomic E-state index is 12.9. The summed E-state index contributed by atoms with van der Waals surface area (Å²) in [6.07, 6.45) is -5.21. The molecule has 1 aromatic carbocycles. The molecule has 3 rings (SSSR count). The Balaban J connectivity index is 1.72. The van der Waals surface area contributed by atoms with Crippen molar-refractivity contribution >= 4 is 5.91 Å². The number of carbonyl (C=O) groups is 1. The Morgan fingerprint density at radius 2 is 2.08 bits per heavy atom. The normalized spacial score (nSPS) is 28.0. The smallest absolute Gasteiger partial charge is 0.375 e. The fraction of sp³-hybridized carbons (Fsp3) is 0.588. The number of morpholine rings is 2. The molecule has 0 aliphatic carbocycles. The predicted octanol–water partition coefficient (Wildman–Crippen LogP) is 1.98. The summed E-state index contributed by atoms with van der Waals surface area (Å²) in [4.78, 5) is 14.4. The molecule has 8 heteroatoms. The molecule has 2 aliphatic rings. The van der Waals surface area contributed by atoms with E-state index in [0.717, 1.165) is 12.1 Å². The van der Waals surface area contributed by atoms with E-state index in [1.165, 1.54) is 6.07 Å². The van der Waals surface area contributed by atoms with Gasteiger partial charge in [0.05, 0.1) is 31.4 Å². The van der Waals surface area contributed by atoms with Crippen LogP contribution in [0, 0.1) is 0 Å². The van der Waals surface area contributed by atoms with E-state index in [2.05, 4.69) is 5.32 Å². The average Bonchev–Trinajstić information content (AvgIpc) is 2.61. The van der Waals surface area contributed by atoms with Crippen LogP contribution in [-0.2, 0) is 20.4 Å². The zero-order valence-corrected chi connectivity index (χ0v) is 13.9. The lowest BCUT2D eigenvalue weighted by Gasteiger charge is -2.38. The van der Waals surface area contributed by atoms with Crippen molar-refractivity contribution in [3.05, 3.63) is 35.4 Å². The second-order valence-corrected chi connectivity index (χ2v) is 6.27. The number of halogens is 3. The maximum atomic E-state index is 12.9. The molecule has 1 aromatic rings. The Morgan fingerprint density at radius 1 is 1.28 bits per heavy atom. The number of rotatable bonds is 2. The lowest BCUT2D eigenvalue weighted by Crippen LogP contribution is -2.58. The summed E-state index contributed by atoms with van der Waals surface area (Å²) in [5.41, 5.74) is -0.291. The van der Waals surface area contributed by atoms with Crippen LogP contribution in [0.3, 0.4) is 0 Å². The Labute approximate surface area is 144 Å². The fourth-order valence-electron chi connectivity index (χ4n) is 3.17. The number of benzene rings is 1. The summed E-state index contributed by atoms with van der Waals surface area (Å²) >= 11 is 0. The van der Waals surface area contributed by atoms with Crippen LogP contribution in [0.4, 0.5) is 13.2 Å². The zero-order chi connectivity index (χ0) is 18.0. The summed E-state index contributed by atoms with van der Waals surface area (Å²) in [7, 11) is 0. The van der Waals surface area contributed by atoms with Gasteiger partial charge in [-0.3, -0.25) is 4.79 Å². The molecule has 138 valence electrons. The van der Waals surface area contributed by atoms with Crippen molar-refractivity contribution in [3.63, 3.8) is 0 Å². The van der Waals surface area contributed by atoms with E-state index < -0.39 is 23.9 Å². The van der Waals surface area contributed by atoms with Crippen molar-refractivity contribution in [2.24, 2.45) is 0 Å². The van der Waals surface area contributed by atoms with Crippen LogP contribution in [0.1, 0.15) is 24.2 Å². The average molecular weight is 358 g/mol. The first kappa shape index (κ1) is 18.2. The minimum absolute atomic E-state index is 0.104. The van der Waals surface area contributed by atoms with Crippen molar-refractivity contribution in [2.45, 2.75) is 31.3 Å². The highest BCUT2D eigenvalue weighted by Gasteiger charge is 2.36. The number of alkyl halides is 3. The molecule has 2 aliphatic heterocycles. The summed E-state index contributed by atoms with van der Waals surface area (Å²) in [6.45, 7) is 3.92. The van der Waals surface area contributed by atoms with Crippen molar-refractivity contribution in [3.8, 4) is 0 Å². The number of nitrogens with zero attached hydrogens (tertiary/aromatic N) is 1. The van der Waals surface area contributed by atoms with E-state index in [1.807, 2.05) is 6.92 Å². The predicted molar refractivity (Wildman–Crippen MR) is 83.9 cm³/mol. The standard InChI is InChI=1S/C17H21F3N2O3/c1-11-15(21-5-7-24-11)16(23)22-6-8-25-14(10-22)12-3-2-4-13(9-12)17(18,19)20/h2-4,9,11,14-15,21H,5-8,10H2,1H3/t11-,14?,15+/m1/s1. The van der Waals surface area contributed by atoms with Gasteiger partial charge in [-0.25, -0.2) is 0 Å². The monoisotopic (exact) mass is 358 g/mol. The highest BCUT2D eigenvalue weighted by Crippen LogP contribution is 2.32. The van der Waals surface area contributed by atoms with Crippen LogP contribution < -0.4 is 5.32 Å². The first-order chi connectivity index (χ1) is 11.9. The third-order valence-electron chi connectivity index (χ3n) is 4.55. The number of hydrogen-bond acceptors (Lipinski definition) is 4. The highest BCUT2D eigenvalue weighted by atomic mass is 19.4. The molecule has 1 amide bonds. The zero-order valence-electron chi connectivity index (χ0n) is 13.9. The Morgan fingerprint density at radius 3 is 2.80 bits per heavy atom. The third kappa shape index (κ3) is 4.13. The number of ether oxygens (including phenoxy) is 2. The molecular weight excluding hydrogens is 337 g/mol. The van der Waals surface area contributed by atoms with Gasteiger partial charge in [0.2, 0.25) is 5.91 Å². The SMILES string of the molecule is C[C@H]1OCCN[C@@H]1C(=O)N1CCOC(c2cccc(C(F)(F)F)c2)C1. The molecule has 0 radical (unpaired) electrons. The van der Waals surface area contributed by atoms with E-state index in [0.29, 0.717) is 25.3 Å². The van der Waals surface area contributed by atoms with Gasteiger partial charge >= 0.3 is 6.18 Å². The van der Waals surface area contributed by atoms with Crippen LogP contribution in [0.15, 0.2) is 24.3 Å². The van der Waals surface area contributed by atoms with Gasteiger partial charge in [-0.05, 0) is 24.6 Å². The van der Waals surface area contributed by atoms with Gasteiger partial charge in [0.25, 0.3) is 0 Å². The summed E-state index contributed by atoms with van der Waals surface area (Å²) in [6, 6.07) is 4.64. The van der Waals surface area contributed by atoms with Crippen LogP contribution in [0.2, 0.25) is 0 Å². The maximum Gasteiger partial charge on any atom is 0.416 e. The molecule has 5 nitrogen and oxygen atoms in total. The van der Waals surface area contributed by atoms with Gasteiger partial charge in [-0.1, -0.05) is 12.1 Å². The molecular formula is C17H21F3N2O3. The van der Waals surface area contributed by atoms with Gasteiger partial charge in [0.15, 0.2) is 0 Å². The Kier molecular flexibility index (Phi) is 5.31. The van der Waals surface area contributed by atoms with Gasteiger partial charge in [0.1, 0.15) is 12.1 Å². The summed E-state index contributed by atoms with van der Waals surface area (Å²) in [5, 5.41) is 3.14. The van der Waals surface area contributed by atoms with Crippen LogP contribution in [0.5, 0.6) is 0 Å². The second kappa shape index (κ2) is 7.31. The lowest BCUT2D eigenvalue weighted by molar-refractivity contribution is -0.147. The van der Waals surface area contributed by atoms with Gasteiger partial charge in [-0.2, -0.15) is 13.2 Å². The minimum atomic E-state index is -4.40. The number of amides is 1. The summed E-state index contributed by atoms with van der Waals surface area (Å²) < 4.78 is 49.8. The Bertz CT molecular complexity index is 623. The van der Waals surface area contributed by atoms with Crippen LogP contribution in [-0.4, -0.2) is 55.8 Å². The van der Waals surface area contributed by atoms with E-state index in [4.69, 9.17) is 9.47 Å². The van der Waals surface area contributed by atoms with Gasteiger partial charge in [0, 0.05) is 13.1 Å². The first-order valence-corrected chi connectivity index (χ1v) is 8.29. The molecule has 25 heavy (non-hydrogen) atoms. The molecule has 0 bridgehead atoms. The molecule has 0 saturated carbocycles. The quantitative estimate of drug-likeness (QED) is 0.879. The largest absolute Gasteiger partial charge is 0.416 e. The molecule has 0 aromatic heterocycles. The third-order valence-corrected chi connectivity index (χ3v) is 4.55. The van der Waals surface area contributed by atoms with Crippen molar-refractivity contribution < 1.29 is 27.4 Å². The number of carbonyl (C=O) groups excluding carboxylic acids is 1. The fourth-order valence-corrected chi connectivity index (χ4v) is 3.17. The molecule has 2 heterocycles. The van der Waals surface area contributed by atoms with E-state index in [-0.39, 0.29) is 25.2 Å². The number of hydrogen-bond donors (Lipinski definition) is 1. The number of nitrogens with one attached hydrogen (secondary N) is 1. The van der Waals surface area contributed by atoms with E-state index in [1.54, 1.807) is 11.0 Å². The first-order valence-electron chi connectivity index (χ1n) is 8.29. The molecule has 2 fully saturated rings. The van der Waals surface area contributed by atoms with Crippen molar-refractivity contribution in [1.82, 2.24) is 10.2 Å². The highest BCUT2D eigenvalue weighted by molar-refractivity contribution is 5.82.